The van der Waals surface area contributed by atoms with Crippen LogP contribution in [0.4, 0.5) is 15.3 Å². The highest BCUT2D eigenvalue weighted by molar-refractivity contribution is 8.00. The smallest absolute Gasteiger partial charge is 0.407 e. The summed E-state index contributed by atoms with van der Waals surface area (Å²) in [7, 11) is 0. The Morgan fingerprint density at radius 3 is 1.77 bits per heavy atom. The number of ketones is 4. The molecule has 0 radical (unpaired) electrons. The van der Waals surface area contributed by atoms with Crippen LogP contribution in [-0.4, -0.2) is 153 Å². The Labute approximate surface area is 462 Å². The quantitative estimate of drug-likeness (QED) is 0.0285. The minimum atomic E-state index is -0.535. The van der Waals surface area contributed by atoms with Crippen LogP contribution in [0.25, 0.3) is 0 Å². The molecule has 19 nitrogen and oxygen atoms in total. The van der Waals surface area contributed by atoms with Crippen molar-refractivity contribution in [3.8, 4) is 0 Å². The van der Waals surface area contributed by atoms with Gasteiger partial charge in [0.1, 0.15) is 18.2 Å². The number of ether oxygens (including phenoxy) is 5. The van der Waals surface area contributed by atoms with Crippen molar-refractivity contribution in [1.82, 2.24) is 16.0 Å². The van der Waals surface area contributed by atoms with Crippen molar-refractivity contribution >= 4 is 76.3 Å². The summed E-state index contributed by atoms with van der Waals surface area (Å²) in [6.07, 6.45) is 10.7. The zero-order valence-electron chi connectivity index (χ0n) is 44.7. The Morgan fingerprint density at radius 2 is 1.14 bits per heavy atom. The van der Waals surface area contributed by atoms with Crippen LogP contribution in [0.2, 0.25) is 0 Å². The lowest BCUT2D eigenvalue weighted by molar-refractivity contribution is -0.120. The van der Waals surface area contributed by atoms with E-state index in [1.807, 2.05) is 53.9 Å². The van der Waals surface area contributed by atoms with E-state index in [-0.39, 0.29) is 88.1 Å². The van der Waals surface area contributed by atoms with Crippen LogP contribution in [0.15, 0.2) is 58.5 Å². The van der Waals surface area contributed by atoms with Crippen LogP contribution in [0.3, 0.4) is 0 Å². The van der Waals surface area contributed by atoms with Crippen LogP contribution in [0.1, 0.15) is 135 Å². The summed E-state index contributed by atoms with van der Waals surface area (Å²) in [5.41, 5.74) is 13.6. The van der Waals surface area contributed by atoms with E-state index < -0.39 is 12.1 Å². The number of amidine groups is 1. The molecule has 6 rings (SSSR count). The summed E-state index contributed by atoms with van der Waals surface area (Å²) < 4.78 is 27.8. The summed E-state index contributed by atoms with van der Waals surface area (Å²) in [4.78, 5) is 86.1. The number of nitrogens with two attached hydrogens (primary N) is 2. The fraction of sp³-hybridized carbons (Fsp3) is 0.643. The molecule has 4 heterocycles. The summed E-state index contributed by atoms with van der Waals surface area (Å²) in [6, 6.07) is 14.5. The Balaban J connectivity index is 0.838. The van der Waals surface area contributed by atoms with Gasteiger partial charge >= 0.3 is 12.1 Å². The number of carbonyl (C=O) groups excluding carboxylic acids is 6. The number of hydrogen-bond donors (Lipinski definition) is 6. The zero-order chi connectivity index (χ0) is 54.5. The van der Waals surface area contributed by atoms with E-state index in [0.29, 0.717) is 129 Å². The van der Waals surface area contributed by atoms with E-state index in [1.165, 1.54) is 0 Å². The third-order valence-electron chi connectivity index (χ3n) is 13.8. The molecule has 4 aliphatic rings. The first-order chi connectivity index (χ1) is 37.5. The van der Waals surface area contributed by atoms with Gasteiger partial charge in [0.05, 0.1) is 50.4 Å². The van der Waals surface area contributed by atoms with E-state index in [0.717, 1.165) is 67.9 Å². The molecule has 0 aliphatic carbocycles. The second-order valence-electron chi connectivity index (χ2n) is 20.0. The predicted molar refractivity (Wildman–Crippen MR) is 302 cm³/mol. The molecule has 0 unspecified atom stereocenters. The summed E-state index contributed by atoms with van der Waals surface area (Å²) in [5.74, 6) is 4.11. The first-order valence-electron chi connectivity index (χ1n) is 27.7. The van der Waals surface area contributed by atoms with Gasteiger partial charge in [-0.25, -0.2) is 14.6 Å². The van der Waals surface area contributed by atoms with E-state index in [1.54, 1.807) is 18.2 Å². The number of nitrogens with zero attached hydrogens (tertiary/aromatic N) is 2. The number of thioether (sulfide) groups is 2. The molecule has 77 heavy (non-hydrogen) atoms. The fourth-order valence-electron chi connectivity index (χ4n) is 9.75. The van der Waals surface area contributed by atoms with Gasteiger partial charge in [0.15, 0.2) is 17.5 Å². The Hall–Kier alpha value is -5.06. The number of aliphatic imine (C=N–C) groups is 2. The second-order valence-corrected chi connectivity index (χ2v) is 22.6. The second kappa shape index (κ2) is 34.7. The maximum atomic E-state index is 13.5. The first kappa shape index (κ1) is 61.2. The monoisotopic (exact) mass is 1110 g/mol. The Kier molecular flexibility index (Phi) is 27.6. The van der Waals surface area contributed by atoms with Crippen LogP contribution >= 0.6 is 23.5 Å². The maximum Gasteiger partial charge on any atom is 0.407 e. The number of unbranched alkanes of at least 4 members (excludes halogenated alkanes) is 2. The molecule has 8 N–H and O–H groups in total. The Morgan fingerprint density at radius 1 is 0.597 bits per heavy atom. The number of hydrogen-bond acceptors (Lipinski definition) is 18. The van der Waals surface area contributed by atoms with Crippen molar-refractivity contribution < 1.29 is 52.5 Å². The third-order valence-corrected chi connectivity index (χ3v) is 16.9. The van der Waals surface area contributed by atoms with E-state index >= 15 is 0 Å². The van der Waals surface area contributed by atoms with Gasteiger partial charge in [-0.15, -0.1) is 0 Å². The molecule has 21 heteroatoms. The van der Waals surface area contributed by atoms with Gasteiger partial charge in [-0.3, -0.25) is 24.2 Å². The van der Waals surface area contributed by atoms with Crippen molar-refractivity contribution in [2.45, 2.75) is 144 Å². The van der Waals surface area contributed by atoms with Gasteiger partial charge in [-0.1, -0.05) is 43.2 Å². The van der Waals surface area contributed by atoms with Gasteiger partial charge in [0.2, 0.25) is 0 Å². The average Bonchev–Trinajstić information content (AvgIpc) is 4.23. The van der Waals surface area contributed by atoms with E-state index in [9.17, 15) is 28.8 Å². The lowest BCUT2D eigenvalue weighted by atomic mass is 9.96. The minimum absolute atomic E-state index is 0.165. The molecule has 0 bridgehead atoms. The number of nitrogens with one attached hydrogen (secondary N) is 4. The first-order valence-corrected chi connectivity index (χ1v) is 29.8. The fourth-order valence-corrected chi connectivity index (χ4v) is 12.9. The van der Waals surface area contributed by atoms with Crippen molar-refractivity contribution in [3.63, 3.8) is 0 Å². The van der Waals surface area contributed by atoms with Crippen LogP contribution in [0, 0.1) is 5.92 Å². The summed E-state index contributed by atoms with van der Waals surface area (Å²) in [6.45, 7) is 3.21. The molecular weight excluding hydrogens is 1020 g/mol. The average molecular weight is 1110 g/mol. The van der Waals surface area contributed by atoms with Crippen molar-refractivity contribution in [1.29, 1.82) is 0 Å². The molecule has 3 amide bonds. The number of guanidine groups is 1. The molecule has 0 saturated carbocycles. The standard InChI is InChI=1S/C56H82N8O11S2/c57-51-35-42-37-76-49(52(42)63-51)20-6-4-14-44(65)16-8-24-71-26-10-18-47(67)40-32-41(48(68)19-11-27-72-25-9-17-45(66)15-5-7-21-50-53-46(38-77-50)62-54(58)64-53)34-43(33-40)61-55(69)59-22-28-73-30-31-74-29-23-60-56(70)75-36-39-12-2-1-3-13-39/h1-3,12-13,32-34,42,46,49-50,52-53H,4-11,14-31,35-38H2,(H2,57,63)(H,60,70)(H3,58,62,64)(H2,59,61,69)/t42-,46-,49-,50-,52-,53-/m0/s1. The molecule has 424 valence electrons. The number of rotatable bonds is 40. The molecule has 2 aromatic carbocycles. The number of urea groups is 1. The van der Waals surface area contributed by atoms with Crippen molar-refractivity contribution in [2.24, 2.45) is 27.4 Å². The van der Waals surface area contributed by atoms with Gasteiger partial charge in [0, 0.05) is 118 Å². The van der Waals surface area contributed by atoms with E-state index in [2.05, 4.69) is 31.3 Å². The minimum Gasteiger partial charge on any atom is -0.445 e. The highest BCUT2D eigenvalue weighted by atomic mass is 32.2. The third kappa shape index (κ3) is 23.1. The molecule has 6 atom stereocenters. The molecule has 2 saturated heterocycles. The molecule has 4 aliphatic heterocycles. The lowest BCUT2D eigenvalue weighted by Crippen LogP contribution is -2.38. The van der Waals surface area contributed by atoms with Crippen molar-refractivity contribution in [2.75, 3.05) is 82.8 Å². The molecular formula is C56H82N8O11S2. The van der Waals surface area contributed by atoms with Crippen LogP contribution in [0.5, 0.6) is 0 Å². The van der Waals surface area contributed by atoms with Gasteiger partial charge in [-0.2, -0.15) is 23.5 Å². The summed E-state index contributed by atoms with van der Waals surface area (Å²) in [5, 5.41) is 12.3. The topological polar surface area (TPSA) is 273 Å². The molecule has 2 fully saturated rings. The van der Waals surface area contributed by atoms with Crippen LogP contribution < -0.4 is 32.7 Å². The lowest BCUT2D eigenvalue weighted by Gasteiger charge is -2.14. The Bertz CT molecular complexity index is 2150. The zero-order valence-corrected chi connectivity index (χ0v) is 46.3. The van der Waals surface area contributed by atoms with Gasteiger partial charge in [-0.05, 0) is 86.8 Å². The highest BCUT2D eigenvalue weighted by Crippen LogP contribution is 2.41. The van der Waals surface area contributed by atoms with Crippen LogP contribution in [-0.2, 0) is 39.9 Å². The maximum absolute atomic E-state index is 13.5. The number of Topliss-reactive ketones (excluding diaryl/α,β-unsaturated/α-hetero) is 4. The number of benzene rings is 2. The number of fused-ring (bicyclic) bond motifs is 2. The van der Waals surface area contributed by atoms with Gasteiger partial charge in [0.25, 0.3) is 0 Å². The highest BCUT2D eigenvalue weighted by Gasteiger charge is 2.41. The van der Waals surface area contributed by atoms with Crippen molar-refractivity contribution in [3.05, 3.63) is 65.2 Å². The molecule has 0 spiro atoms. The number of carbonyl (C=O) groups is 6. The normalized spacial score (nSPS) is 20.2. The number of anilines is 1. The van der Waals surface area contributed by atoms with Gasteiger partial charge < -0.3 is 56.4 Å². The number of amides is 3. The largest absolute Gasteiger partial charge is 0.445 e. The SMILES string of the molecule is NC1=N[C@H]2[C@H](CS[C@H]2CCCCC(=O)CCCOCCCC(=O)c2cc(NC(=O)NCCOCCOCCNC(=O)OCc3ccccc3)cc(C(=O)CCCOCCCC(=O)CCCC[C@@H]3SC[C@@H]4NC(N)=N[C@@H]43)c2)C1. The summed E-state index contributed by atoms with van der Waals surface area (Å²) >= 11 is 3.93. The number of alkyl carbamates (subject to hydrolysis) is 1. The predicted octanol–water partition coefficient (Wildman–Crippen LogP) is 7.18. The molecule has 0 aromatic heterocycles. The van der Waals surface area contributed by atoms with E-state index in [4.69, 9.17) is 35.2 Å². The molecule has 2 aromatic rings.